The monoisotopic (exact) mass is 277 g/mol. The first-order valence-electron chi connectivity index (χ1n) is 6.44. The summed E-state index contributed by atoms with van der Waals surface area (Å²) in [7, 11) is 0. The van der Waals surface area contributed by atoms with E-state index in [9.17, 15) is 5.11 Å². The Kier molecular flexibility index (Phi) is 4.87. The number of aromatic nitrogens is 2. The van der Waals surface area contributed by atoms with Crippen molar-refractivity contribution in [1.82, 2.24) is 9.36 Å². The van der Waals surface area contributed by atoms with Crippen molar-refractivity contribution < 1.29 is 5.11 Å². The normalized spacial score (nSPS) is 10.9. The van der Waals surface area contributed by atoms with Crippen LogP contribution in [0.5, 0.6) is 0 Å². The number of rotatable bonds is 6. The zero-order valence-electron chi connectivity index (χ0n) is 11.3. The second kappa shape index (κ2) is 6.63. The first-order chi connectivity index (χ1) is 9.20. The summed E-state index contributed by atoms with van der Waals surface area (Å²) in [5.74, 6) is 1.20. The number of aliphatic hydroxyl groups excluding tert-OH is 1. The van der Waals surface area contributed by atoms with Gasteiger partial charge in [0.1, 0.15) is 5.82 Å². The summed E-state index contributed by atoms with van der Waals surface area (Å²) in [4.78, 5) is 6.62. The van der Waals surface area contributed by atoms with Gasteiger partial charge in [0, 0.05) is 30.5 Å². The van der Waals surface area contributed by atoms with Crippen LogP contribution in [0.15, 0.2) is 30.3 Å². The van der Waals surface area contributed by atoms with Crippen LogP contribution in [0.3, 0.4) is 0 Å². The highest BCUT2D eigenvalue weighted by Gasteiger charge is 2.14. The maximum Gasteiger partial charge on any atom is 0.205 e. The van der Waals surface area contributed by atoms with Gasteiger partial charge in [-0.25, -0.2) is 4.98 Å². The number of hydrogen-bond acceptors (Lipinski definition) is 5. The topological polar surface area (TPSA) is 49.2 Å². The molecule has 0 bridgehead atoms. The van der Waals surface area contributed by atoms with Gasteiger partial charge in [0.25, 0.3) is 0 Å². The lowest BCUT2D eigenvalue weighted by Crippen LogP contribution is -2.26. The first-order valence-corrected chi connectivity index (χ1v) is 7.21. The van der Waals surface area contributed by atoms with Gasteiger partial charge in [-0.15, -0.1) is 0 Å². The van der Waals surface area contributed by atoms with E-state index in [2.05, 4.69) is 40.2 Å². The lowest BCUT2D eigenvalue weighted by molar-refractivity contribution is 0.301. The van der Waals surface area contributed by atoms with Crippen LogP contribution in [-0.2, 0) is 6.54 Å². The van der Waals surface area contributed by atoms with Crippen molar-refractivity contribution >= 4 is 16.7 Å². The summed E-state index contributed by atoms with van der Waals surface area (Å²) in [6.45, 7) is 5.60. The summed E-state index contributed by atoms with van der Waals surface area (Å²) in [6.07, 6.45) is 0. The third kappa shape index (κ3) is 3.75. The van der Waals surface area contributed by atoms with Crippen LogP contribution < -0.4 is 4.90 Å². The number of nitrogens with zero attached hydrogens (tertiary/aromatic N) is 3. The molecule has 4 nitrogen and oxygen atoms in total. The third-order valence-electron chi connectivity index (χ3n) is 2.80. The van der Waals surface area contributed by atoms with E-state index in [0.29, 0.717) is 12.5 Å². The molecule has 19 heavy (non-hydrogen) atoms. The van der Waals surface area contributed by atoms with Crippen LogP contribution in [0, 0.1) is 0 Å². The molecule has 5 heteroatoms. The zero-order valence-corrected chi connectivity index (χ0v) is 12.1. The van der Waals surface area contributed by atoms with E-state index in [1.807, 2.05) is 18.2 Å². The number of anilines is 1. The highest BCUT2D eigenvalue weighted by molar-refractivity contribution is 7.09. The summed E-state index contributed by atoms with van der Waals surface area (Å²) >= 11 is 1.40. The quantitative estimate of drug-likeness (QED) is 0.882. The summed E-state index contributed by atoms with van der Waals surface area (Å²) in [6, 6.07) is 10.2. The van der Waals surface area contributed by atoms with Crippen molar-refractivity contribution in [2.75, 3.05) is 18.1 Å². The molecule has 0 aliphatic rings. The molecule has 2 rings (SSSR count). The Hall–Kier alpha value is -1.46. The Morgan fingerprint density at radius 1 is 1.26 bits per heavy atom. The Morgan fingerprint density at radius 3 is 2.58 bits per heavy atom. The molecule has 0 amide bonds. The SMILES string of the molecule is CC(C)c1nsc(N(CCO)Cc2ccccc2)n1. The third-order valence-corrected chi connectivity index (χ3v) is 3.60. The lowest BCUT2D eigenvalue weighted by atomic mass is 10.2. The standard InChI is InChI=1S/C14H19N3OS/c1-11(2)13-15-14(19-16-13)17(8-9-18)10-12-6-4-3-5-7-12/h3-7,11,18H,8-10H2,1-2H3. The average Bonchev–Trinajstić information content (AvgIpc) is 2.89. The van der Waals surface area contributed by atoms with Gasteiger partial charge in [-0.3, -0.25) is 0 Å². The maximum atomic E-state index is 9.21. The Morgan fingerprint density at radius 2 is 2.00 bits per heavy atom. The number of aliphatic hydroxyl groups is 1. The van der Waals surface area contributed by atoms with E-state index in [1.54, 1.807) is 0 Å². The molecule has 1 N–H and O–H groups in total. The molecule has 102 valence electrons. The minimum atomic E-state index is 0.115. The van der Waals surface area contributed by atoms with Crippen LogP contribution in [-0.4, -0.2) is 27.6 Å². The van der Waals surface area contributed by atoms with Gasteiger partial charge in [0.2, 0.25) is 5.13 Å². The van der Waals surface area contributed by atoms with Crippen LogP contribution in [0.25, 0.3) is 0 Å². The second-order valence-corrected chi connectivity index (χ2v) is 5.45. The molecular weight excluding hydrogens is 258 g/mol. The van der Waals surface area contributed by atoms with Gasteiger partial charge in [0.15, 0.2) is 0 Å². The lowest BCUT2D eigenvalue weighted by Gasteiger charge is -2.20. The Labute approximate surface area is 117 Å². The van der Waals surface area contributed by atoms with Crippen LogP contribution in [0.2, 0.25) is 0 Å². The highest BCUT2D eigenvalue weighted by atomic mass is 32.1. The minimum absolute atomic E-state index is 0.115. The molecule has 0 saturated heterocycles. The average molecular weight is 277 g/mol. The fourth-order valence-electron chi connectivity index (χ4n) is 1.76. The molecular formula is C14H19N3OS. The Balaban J connectivity index is 2.14. The Bertz CT molecular complexity index is 498. The van der Waals surface area contributed by atoms with Gasteiger partial charge < -0.3 is 10.0 Å². The molecule has 0 saturated carbocycles. The van der Waals surface area contributed by atoms with Gasteiger partial charge in [0.05, 0.1) is 6.61 Å². The highest BCUT2D eigenvalue weighted by Crippen LogP contribution is 2.22. The van der Waals surface area contributed by atoms with Gasteiger partial charge in [-0.05, 0) is 5.56 Å². The number of benzene rings is 1. The molecule has 0 aliphatic heterocycles. The molecule has 0 radical (unpaired) electrons. The fraction of sp³-hybridized carbons (Fsp3) is 0.429. The summed E-state index contributed by atoms with van der Waals surface area (Å²) in [5, 5.41) is 10.1. The second-order valence-electron chi connectivity index (χ2n) is 4.72. The van der Waals surface area contributed by atoms with E-state index >= 15 is 0 Å². The molecule has 2 aromatic rings. The smallest absolute Gasteiger partial charge is 0.205 e. The van der Waals surface area contributed by atoms with Crippen LogP contribution >= 0.6 is 11.5 Å². The molecule has 0 atom stereocenters. The van der Waals surface area contributed by atoms with Crippen molar-refractivity contribution in [1.29, 1.82) is 0 Å². The van der Waals surface area contributed by atoms with E-state index in [4.69, 9.17) is 0 Å². The molecule has 0 aliphatic carbocycles. The predicted octanol–water partition coefficient (Wildman–Crippen LogP) is 2.66. The van der Waals surface area contributed by atoms with Crippen LogP contribution in [0.4, 0.5) is 5.13 Å². The van der Waals surface area contributed by atoms with Gasteiger partial charge in [-0.1, -0.05) is 44.2 Å². The van der Waals surface area contributed by atoms with E-state index in [-0.39, 0.29) is 6.61 Å². The molecule has 0 spiro atoms. The predicted molar refractivity (Wildman–Crippen MR) is 78.6 cm³/mol. The zero-order chi connectivity index (χ0) is 13.7. The van der Waals surface area contributed by atoms with Gasteiger partial charge in [-0.2, -0.15) is 4.37 Å². The van der Waals surface area contributed by atoms with Crippen molar-refractivity contribution in [2.24, 2.45) is 0 Å². The number of hydrogen-bond donors (Lipinski definition) is 1. The van der Waals surface area contributed by atoms with E-state index in [1.165, 1.54) is 17.1 Å². The summed E-state index contributed by atoms with van der Waals surface area (Å²) < 4.78 is 4.37. The molecule has 0 fully saturated rings. The molecule has 1 heterocycles. The molecule has 1 aromatic heterocycles. The maximum absolute atomic E-state index is 9.21. The minimum Gasteiger partial charge on any atom is -0.395 e. The molecule has 1 aromatic carbocycles. The van der Waals surface area contributed by atoms with Crippen molar-refractivity contribution in [3.8, 4) is 0 Å². The summed E-state index contributed by atoms with van der Waals surface area (Å²) in [5.41, 5.74) is 1.21. The van der Waals surface area contributed by atoms with E-state index in [0.717, 1.165) is 17.5 Å². The van der Waals surface area contributed by atoms with Crippen LogP contribution in [0.1, 0.15) is 31.2 Å². The largest absolute Gasteiger partial charge is 0.395 e. The van der Waals surface area contributed by atoms with Crippen molar-refractivity contribution in [3.63, 3.8) is 0 Å². The van der Waals surface area contributed by atoms with E-state index < -0.39 is 0 Å². The molecule has 0 unspecified atom stereocenters. The van der Waals surface area contributed by atoms with Crippen molar-refractivity contribution in [3.05, 3.63) is 41.7 Å². The van der Waals surface area contributed by atoms with Gasteiger partial charge >= 0.3 is 0 Å². The van der Waals surface area contributed by atoms with Crippen molar-refractivity contribution in [2.45, 2.75) is 26.3 Å². The first kappa shape index (κ1) is 14.0. The fourth-order valence-corrected chi connectivity index (χ4v) is 2.59.